The zero-order chi connectivity index (χ0) is 21.9. The van der Waals surface area contributed by atoms with E-state index in [0.717, 1.165) is 17.7 Å². The number of benzene rings is 1. The molecule has 1 aromatic carbocycles. The summed E-state index contributed by atoms with van der Waals surface area (Å²) in [6.45, 7) is 4.34. The summed E-state index contributed by atoms with van der Waals surface area (Å²) in [5.74, 6) is -0.696. The summed E-state index contributed by atoms with van der Waals surface area (Å²) < 4.78 is 10.2. The second-order valence-electron chi connectivity index (χ2n) is 6.82. The number of nitrogens with two attached hydrogens (primary N) is 1. The predicted octanol–water partition coefficient (Wildman–Crippen LogP) is 1.71. The number of hydrogen-bond acceptors (Lipinski definition) is 8. The maximum absolute atomic E-state index is 13.4. The van der Waals surface area contributed by atoms with Crippen molar-refractivity contribution < 1.29 is 23.9 Å². The number of rotatable bonds is 11. The largest absolute Gasteiger partial charge is 0.465 e. The molecular weight excluding hydrogens is 406 g/mol. The smallest absolute Gasteiger partial charge is 0.326 e. The number of carbonyl (C=O) groups is 3. The van der Waals surface area contributed by atoms with Gasteiger partial charge in [0.15, 0.2) is 0 Å². The highest BCUT2D eigenvalue weighted by Gasteiger charge is 2.35. The number of nitrogens with one attached hydrogen (secondary N) is 1. The first-order chi connectivity index (χ1) is 14.5. The van der Waals surface area contributed by atoms with Crippen LogP contribution >= 0.6 is 11.8 Å². The molecule has 1 aliphatic heterocycles. The average Bonchev–Trinajstić information content (AvgIpc) is 2.85. The van der Waals surface area contributed by atoms with Crippen molar-refractivity contribution in [2.75, 3.05) is 37.0 Å². The number of amides is 1. The van der Waals surface area contributed by atoms with E-state index in [-0.39, 0.29) is 31.6 Å². The van der Waals surface area contributed by atoms with Gasteiger partial charge >= 0.3 is 11.9 Å². The van der Waals surface area contributed by atoms with Crippen LogP contribution in [0, 0.1) is 0 Å². The molecule has 9 heteroatoms. The van der Waals surface area contributed by atoms with Gasteiger partial charge in [0, 0.05) is 10.6 Å². The van der Waals surface area contributed by atoms with Crippen LogP contribution in [0.2, 0.25) is 0 Å². The van der Waals surface area contributed by atoms with Gasteiger partial charge in [-0.2, -0.15) is 0 Å². The van der Waals surface area contributed by atoms with Crippen molar-refractivity contribution >= 4 is 35.3 Å². The number of para-hydroxylation sites is 1. The highest BCUT2D eigenvalue weighted by atomic mass is 32.2. The number of hydrogen-bond donors (Lipinski definition) is 2. The van der Waals surface area contributed by atoms with Crippen LogP contribution in [0.1, 0.15) is 33.1 Å². The van der Waals surface area contributed by atoms with Crippen LogP contribution in [0.15, 0.2) is 29.2 Å². The van der Waals surface area contributed by atoms with E-state index < -0.39 is 18.1 Å². The summed E-state index contributed by atoms with van der Waals surface area (Å²) in [6, 6.07) is 6.18. The lowest BCUT2D eigenvalue weighted by molar-refractivity contribution is -0.146. The van der Waals surface area contributed by atoms with E-state index in [1.807, 2.05) is 24.3 Å². The minimum absolute atomic E-state index is 0.181. The zero-order valence-corrected chi connectivity index (χ0v) is 18.4. The third-order valence-electron chi connectivity index (χ3n) is 4.64. The summed E-state index contributed by atoms with van der Waals surface area (Å²) in [5, 5.41) is 3.18. The Hall–Kier alpha value is -2.10. The molecule has 0 spiro atoms. The van der Waals surface area contributed by atoms with Gasteiger partial charge in [0.2, 0.25) is 5.91 Å². The Kier molecular flexibility index (Phi) is 10.1. The molecular formula is C21H31N3O5S. The third kappa shape index (κ3) is 6.72. The van der Waals surface area contributed by atoms with Crippen molar-refractivity contribution in [2.24, 2.45) is 5.73 Å². The topological polar surface area (TPSA) is 111 Å². The second-order valence-corrected chi connectivity index (χ2v) is 7.88. The van der Waals surface area contributed by atoms with Crippen LogP contribution in [0.4, 0.5) is 5.69 Å². The number of esters is 2. The second kappa shape index (κ2) is 12.6. The molecule has 0 fully saturated rings. The van der Waals surface area contributed by atoms with Crippen LogP contribution in [-0.2, 0) is 23.9 Å². The SMILES string of the molecule is CCOC(=O)CN1C(=O)C(N[C@H](CCCCN)C(=O)OCC)CSc2ccccc21. The van der Waals surface area contributed by atoms with E-state index >= 15 is 0 Å². The molecule has 1 aromatic rings. The van der Waals surface area contributed by atoms with Gasteiger partial charge in [-0.25, -0.2) is 0 Å². The van der Waals surface area contributed by atoms with Crippen LogP contribution in [-0.4, -0.2) is 62.0 Å². The van der Waals surface area contributed by atoms with E-state index in [2.05, 4.69) is 5.32 Å². The molecule has 30 heavy (non-hydrogen) atoms. The Bertz CT molecular complexity index is 730. The van der Waals surface area contributed by atoms with E-state index in [1.165, 1.54) is 16.7 Å². The van der Waals surface area contributed by atoms with Gasteiger partial charge in [0.25, 0.3) is 0 Å². The minimum atomic E-state index is -0.649. The molecule has 8 nitrogen and oxygen atoms in total. The number of anilines is 1. The molecule has 1 amide bonds. The van der Waals surface area contributed by atoms with Gasteiger partial charge in [-0.05, 0) is 45.4 Å². The lowest BCUT2D eigenvalue weighted by atomic mass is 10.1. The van der Waals surface area contributed by atoms with Crippen molar-refractivity contribution in [1.29, 1.82) is 0 Å². The fraction of sp³-hybridized carbons (Fsp3) is 0.571. The molecule has 1 aliphatic rings. The summed E-state index contributed by atoms with van der Waals surface area (Å²) >= 11 is 1.51. The van der Waals surface area contributed by atoms with Crippen LogP contribution in [0.25, 0.3) is 0 Å². The summed E-state index contributed by atoms with van der Waals surface area (Å²) in [5.41, 5.74) is 6.24. The first-order valence-corrected chi connectivity index (χ1v) is 11.3. The van der Waals surface area contributed by atoms with Gasteiger partial charge in [-0.1, -0.05) is 18.6 Å². The Morgan fingerprint density at radius 1 is 1.23 bits per heavy atom. The highest BCUT2D eigenvalue weighted by Crippen LogP contribution is 2.34. The molecule has 1 heterocycles. The lowest BCUT2D eigenvalue weighted by Crippen LogP contribution is -2.54. The van der Waals surface area contributed by atoms with Crippen LogP contribution in [0.5, 0.6) is 0 Å². The normalized spacial score (nSPS) is 17.1. The van der Waals surface area contributed by atoms with Gasteiger partial charge in [-0.15, -0.1) is 11.8 Å². The molecule has 0 aromatic heterocycles. The molecule has 2 atom stereocenters. The van der Waals surface area contributed by atoms with E-state index in [9.17, 15) is 14.4 Å². The van der Waals surface area contributed by atoms with E-state index in [0.29, 0.717) is 24.4 Å². The van der Waals surface area contributed by atoms with Gasteiger partial charge < -0.3 is 15.2 Å². The fourth-order valence-electron chi connectivity index (χ4n) is 3.22. The Balaban J connectivity index is 2.23. The van der Waals surface area contributed by atoms with Gasteiger partial charge in [-0.3, -0.25) is 24.6 Å². The first-order valence-electron chi connectivity index (χ1n) is 10.3. The molecule has 0 saturated carbocycles. The molecule has 0 saturated heterocycles. The Morgan fingerprint density at radius 3 is 2.67 bits per heavy atom. The van der Waals surface area contributed by atoms with Gasteiger partial charge in [0.1, 0.15) is 12.6 Å². The Morgan fingerprint density at radius 2 is 1.97 bits per heavy atom. The van der Waals surface area contributed by atoms with Crippen molar-refractivity contribution in [3.63, 3.8) is 0 Å². The van der Waals surface area contributed by atoms with Crippen LogP contribution < -0.4 is 16.0 Å². The predicted molar refractivity (Wildman–Crippen MR) is 116 cm³/mol. The van der Waals surface area contributed by atoms with Crippen molar-refractivity contribution in [3.05, 3.63) is 24.3 Å². The van der Waals surface area contributed by atoms with Crippen molar-refractivity contribution in [2.45, 2.75) is 50.1 Å². The standard InChI is InChI=1S/C21H31N3O5S/c1-3-28-19(25)13-24-17-10-5-6-11-18(17)30-14-16(20(24)26)23-15(9-7-8-12-22)21(27)29-4-2/h5-6,10-11,15-16,23H,3-4,7-9,12-14,22H2,1-2H3/t15-,16?/m1/s1. The fourth-order valence-corrected chi connectivity index (χ4v) is 4.31. The van der Waals surface area contributed by atoms with Crippen LogP contribution in [0.3, 0.4) is 0 Å². The first kappa shape index (κ1) is 24.2. The molecule has 3 N–H and O–H groups in total. The zero-order valence-electron chi connectivity index (χ0n) is 17.6. The molecule has 1 unspecified atom stereocenters. The Labute approximate surface area is 181 Å². The number of thioether (sulfide) groups is 1. The number of unbranched alkanes of at least 4 members (excludes halogenated alkanes) is 1. The van der Waals surface area contributed by atoms with Crippen molar-refractivity contribution in [3.8, 4) is 0 Å². The number of fused-ring (bicyclic) bond motifs is 1. The maximum Gasteiger partial charge on any atom is 0.326 e. The quantitative estimate of drug-likeness (QED) is 0.398. The van der Waals surface area contributed by atoms with Crippen molar-refractivity contribution in [1.82, 2.24) is 5.32 Å². The minimum Gasteiger partial charge on any atom is -0.465 e. The number of nitrogens with zero attached hydrogens (tertiary/aromatic N) is 1. The lowest BCUT2D eigenvalue weighted by Gasteiger charge is -2.27. The number of ether oxygens (including phenoxy) is 2. The summed E-state index contributed by atoms with van der Waals surface area (Å²) in [6.07, 6.45) is 2.05. The van der Waals surface area contributed by atoms with Gasteiger partial charge in [0.05, 0.1) is 24.9 Å². The highest BCUT2D eigenvalue weighted by molar-refractivity contribution is 7.99. The van der Waals surface area contributed by atoms with E-state index in [4.69, 9.17) is 15.2 Å². The molecule has 166 valence electrons. The van der Waals surface area contributed by atoms with E-state index in [1.54, 1.807) is 13.8 Å². The average molecular weight is 438 g/mol. The third-order valence-corrected chi connectivity index (χ3v) is 5.79. The summed E-state index contributed by atoms with van der Waals surface area (Å²) in [4.78, 5) is 40.3. The maximum atomic E-state index is 13.4. The molecule has 0 bridgehead atoms. The molecule has 0 radical (unpaired) electrons. The molecule has 2 rings (SSSR count). The molecule has 0 aliphatic carbocycles. The number of carbonyl (C=O) groups excluding carboxylic acids is 3. The monoisotopic (exact) mass is 437 g/mol. The summed E-state index contributed by atoms with van der Waals surface area (Å²) in [7, 11) is 0.